The van der Waals surface area contributed by atoms with Crippen molar-refractivity contribution in [2.45, 2.75) is 0 Å². The number of hydrogen-bond acceptors (Lipinski definition) is 0. The molecule has 72 heavy (non-hydrogen) atoms. The fourth-order valence-corrected chi connectivity index (χ4v) is 11.5. The van der Waals surface area contributed by atoms with Crippen molar-refractivity contribution in [3.8, 4) is 78.7 Å². The van der Waals surface area contributed by atoms with Gasteiger partial charge in [-0.2, -0.15) is 0 Å². The second-order valence-corrected chi connectivity index (χ2v) is 18.8. The van der Waals surface area contributed by atoms with Crippen LogP contribution in [0.5, 0.6) is 0 Å². The summed E-state index contributed by atoms with van der Waals surface area (Å²) in [6.45, 7) is 0. The van der Waals surface area contributed by atoms with Gasteiger partial charge in [-0.3, -0.25) is 0 Å². The zero-order valence-corrected chi connectivity index (χ0v) is 39.5. The van der Waals surface area contributed by atoms with E-state index in [1.54, 1.807) is 0 Å². The predicted octanol–water partition coefficient (Wildman–Crippen LogP) is 19.0. The van der Waals surface area contributed by atoms with Gasteiger partial charge in [-0.25, -0.2) is 0 Å². The Hall–Kier alpha value is -9.50. The van der Waals surface area contributed by atoms with Gasteiger partial charge in [0.25, 0.3) is 0 Å². The highest BCUT2D eigenvalue weighted by molar-refractivity contribution is 6.27. The van der Waals surface area contributed by atoms with Crippen molar-refractivity contribution in [1.29, 1.82) is 0 Å². The Bertz CT molecular complexity index is 4230. The fourth-order valence-electron chi connectivity index (χ4n) is 11.5. The van der Waals surface area contributed by atoms with Crippen LogP contribution in [0.4, 0.5) is 0 Å². The standard InChI is InChI=1S/C70H46N2/c1-5-21-48(22-6-1)65-40-41-66(49-23-7-2-8-24-49)71(65)53-37-39-61-63(45-53)69(59-35-19-30-47-20-13-15-31-55(47)59)60-38-36-54(72-67(50-25-9-3-10-26-50)42-43-68(72)51-27-11-4-12-28-51)46-64(60)70(61)62-44-52-29-14-16-32-56(52)57-33-17-18-34-58(57)62/h1-46H. The molecular weight excluding hydrogens is 869 g/mol. The fraction of sp³-hybridized carbons (Fsp3) is 0. The SMILES string of the molecule is c1ccc(-c2ccc(-c3ccccc3)n2-c2ccc3c(-c4cc5ccccc5c5ccccc45)c4cc(-n5c(-c6ccccc6)ccc5-c5ccccc5)ccc4c(-c4cccc5ccccc45)c3c2)cc1. The predicted molar refractivity (Wildman–Crippen MR) is 305 cm³/mol. The molecule has 0 aliphatic rings. The second-order valence-electron chi connectivity index (χ2n) is 18.8. The average Bonchev–Trinajstić information content (AvgIpc) is 4.12. The van der Waals surface area contributed by atoms with E-state index in [9.17, 15) is 0 Å². The van der Waals surface area contributed by atoms with Gasteiger partial charge in [0.2, 0.25) is 0 Å². The summed E-state index contributed by atoms with van der Waals surface area (Å²) in [6.07, 6.45) is 0. The molecule has 0 amide bonds. The molecule has 2 aromatic heterocycles. The Balaban J connectivity index is 1.16. The molecule has 0 N–H and O–H groups in total. The maximum absolute atomic E-state index is 2.47. The molecule has 14 rings (SSSR count). The summed E-state index contributed by atoms with van der Waals surface area (Å²) in [5.74, 6) is 0. The Morgan fingerprint density at radius 2 is 0.569 bits per heavy atom. The molecule has 0 fully saturated rings. The first-order chi connectivity index (χ1) is 35.7. The number of aromatic nitrogens is 2. The monoisotopic (exact) mass is 914 g/mol. The van der Waals surface area contributed by atoms with E-state index in [0.29, 0.717) is 0 Å². The van der Waals surface area contributed by atoms with Gasteiger partial charge < -0.3 is 9.13 Å². The molecule has 0 saturated carbocycles. The third kappa shape index (κ3) is 6.80. The molecule has 0 aliphatic heterocycles. The van der Waals surface area contributed by atoms with Crippen molar-refractivity contribution in [1.82, 2.24) is 9.13 Å². The summed E-state index contributed by atoms with van der Waals surface area (Å²) in [5, 5.41) is 12.2. The molecule has 2 heteroatoms. The summed E-state index contributed by atoms with van der Waals surface area (Å²) in [4.78, 5) is 0. The van der Waals surface area contributed by atoms with E-state index in [-0.39, 0.29) is 0 Å². The lowest BCUT2D eigenvalue weighted by atomic mass is 9.82. The van der Waals surface area contributed by atoms with Crippen LogP contribution in [0.15, 0.2) is 279 Å². The summed E-state index contributed by atoms with van der Waals surface area (Å²) >= 11 is 0. The number of nitrogens with zero attached hydrogens (tertiary/aromatic N) is 2. The molecule has 12 aromatic carbocycles. The molecule has 0 spiro atoms. The first-order valence-corrected chi connectivity index (χ1v) is 24.8. The second kappa shape index (κ2) is 17.2. The molecule has 2 nitrogen and oxygen atoms in total. The Labute approximate surface area is 418 Å². The minimum absolute atomic E-state index is 1.10. The van der Waals surface area contributed by atoms with Gasteiger partial charge in [-0.05, 0) is 153 Å². The molecule has 2 heterocycles. The normalized spacial score (nSPS) is 11.6. The molecule has 0 aliphatic carbocycles. The molecule has 0 radical (unpaired) electrons. The first-order valence-electron chi connectivity index (χ1n) is 24.8. The Morgan fingerprint density at radius 1 is 0.194 bits per heavy atom. The highest BCUT2D eigenvalue weighted by Gasteiger charge is 2.24. The number of hydrogen-bond donors (Lipinski definition) is 0. The third-order valence-electron chi connectivity index (χ3n) is 14.7. The minimum atomic E-state index is 1.10. The van der Waals surface area contributed by atoms with Crippen LogP contribution >= 0.6 is 0 Å². The van der Waals surface area contributed by atoms with Gasteiger partial charge in [-0.15, -0.1) is 0 Å². The Morgan fingerprint density at radius 3 is 1.06 bits per heavy atom. The van der Waals surface area contributed by atoms with Crippen LogP contribution in [0.25, 0.3) is 133 Å². The van der Waals surface area contributed by atoms with Crippen molar-refractivity contribution in [2.24, 2.45) is 0 Å². The maximum Gasteiger partial charge on any atom is 0.0535 e. The first kappa shape index (κ1) is 41.5. The lowest BCUT2D eigenvalue weighted by Crippen LogP contribution is -2.02. The summed E-state index contributed by atoms with van der Waals surface area (Å²) in [5.41, 5.74) is 16.3. The molecule has 336 valence electrons. The van der Waals surface area contributed by atoms with Gasteiger partial charge in [-0.1, -0.05) is 224 Å². The van der Waals surface area contributed by atoms with Crippen LogP contribution in [0.3, 0.4) is 0 Å². The summed E-state index contributed by atoms with van der Waals surface area (Å²) < 4.78 is 4.91. The van der Waals surface area contributed by atoms with E-state index in [1.807, 2.05) is 0 Å². The van der Waals surface area contributed by atoms with Crippen LogP contribution in [-0.4, -0.2) is 9.13 Å². The highest BCUT2D eigenvalue weighted by atomic mass is 15.0. The van der Waals surface area contributed by atoms with Gasteiger partial charge >= 0.3 is 0 Å². The number of rotatable bonds is 8. The van der Waals surface area contributed by atoms with Crippen LogP contribution in [-0.2, 0) is 0 Å². The van der Waals surface area contributed by atoms with E-state index in [0.717, 1.165) is 56.4 Å². The lowest BCUT2D eigenvalue weighted by Gasteiger charge is -2.23. The van der Waals surface area contributed by atoms with E-state index in [1.165, 1.54) is 76.1 Å². The van der Waals surface area contributed by atoms with Crippen LogP contribution in [0, 0.1) is 0 Å². The van der Waals surface area contributed by atoms with Crippen molar-refractivity contribution in [3.63, 3.8) is 0 Å². The zero-order valence-electron chi connectivity index (χ0n) is 39.5. The quantitative estimate of drug-likeness (QED) is 0.106. The molecule has 0 bridgehead atoms. The van der Waals surface area contributed by atoms with Crippen molar-refractivity contribution < 1.29 is 0 Å². The maximum atomic E-state index is 2.47. The van der Waals surface area contributed by atoms with Crippen LogP contribution in [0.2, 0.25) is 0 Å². The zero-order chi connectivity index (χ0) is 47.5. The van der Waals surface area contributed by atoms with Crippen LogP contribution < -0.4 is 0 Å². The molecule has 0 atom stereocenters. The highest BCUT2D eigenvalue weighted by Crippen LogP contribution is 2.50. The van der Waals surface area contributed by atoms with Gasteiger partial charge in [0.15, 0.2) is 0 Å². The van der Waals surface area contributed by atoms with Crippen molar-refractivity contribution >= 4 is 53.9 Å². The molecule has 14 aromatic rings. The Kier molecular flexibility index (Phi) is 9.89. The van der Waals surface area contributed by atoms with Gasteiger partial charge in [0.1, 0.15) is 0 Å². The molecule has 0 unspecified atom stereocenters. The van der Waals surface area contributed by atoms with Crippen molar-refractivity contribution in [2.75, 3.05) is 0 Å². The van der Waals surface area contributed by atoms with Gasteiger partial charge in [0, 0.05) is 11.4 Å². The summed E-state index contributed by atoms with van der Waals surface area (Å²) in [6, 6.07) is 103. The number of benzene rings is 12. The minimum Gasteiger partial charge on any atom is -0.309 e. The van der Waals surface area contributed by atoms with E-state index in [4.69, 9.17) is 0 Å². The van der Waals surface area contributed by atoms with Crippen molar-refractivity contribution in [3.05, 3.63) is 279 Å². The third-order valence-corrected chi connectivity index (χ3v) is 14.7. The largest absolute Gasteiger partial charge is 0.309 e. The topological polar surface area (TPSA) is 9.86 Å². The molecular formula is C70H46N2. The summed E-state index contributed by atoms with van der Waals surface area (Å²) in [7, 11) is 0. The van der Waals surface area contributed by atoms with Crippen LogP contribution in [0.1, 0.15) is 0 Å². The molecule has 0 saturated heterocycles. The number of fused-ring (bicyclic) bond motifs is 6. The average molecular weight is 915 g/mol. The van der Waals surface area contributed by atoms with E-state index in [2.05, 4.69) is 288 Å². The lowest BCUT2D eigenvalue weighted by molar-refractivity contribution is 1.10. The smallest absolute Gasteiger partial charge is 0.0535 e. The van der Waals surface area contributed by atoms with E-state index >= 15 is 0 Å². The van der Waals surface area contributed by atoms with E-state index < -0.39 is 0 Å². The van der Waals surface area contributed by atoms with Gasteiger partial charge in [0.05, 0.1) is 22.8 Å².